The fraction of sp³-hybridized carbons (Fsp3) is 0.667. The van der Waals surface area contributed by atoms with Crippen molar-refractivity contribution in [1.29, 1.82) is 0 Å². The molecule has 0 spiro atoms. The van der Waals surface area contributed by atoms with Crippen LogP contribution in [0.3, 0.4) is 0 Å². The molecule has 1 aromatic carbocycles. The standard InChI is InChI=1S/C24H30O9/c1-24-7-6-13-12-5-3-11(25)8-10(12)2-4-14(13)15(24)9-16(21(24)29)32-23-19(28)17(26)18(27)20(33-23)22(30)31/h3,5,8,13-20,23,25-28H,2,4,6-7,9H2,1H3,(H,30,31)/t13-,14+,15+,16+,17-,18-,19+,20+,23+,24+/m1/s1. The monoisotopic (exact) mass is 462 g/mol. The zero-order valence-electron chi connectivity index (χ0n) is 18.3. The Morgan fingerprint density at radius 3 is 2.64 bits per heavy atom. The third-order valence-corrected chi connectivity index (χ3v) is 8.53. The Hall–Kier alpha value is -2.04. The molecular formula is C24H30O9. The number of aliphatic carboxylic acids is 1. The van der Waals surface area contributed by atoms with Crippen LogP contribution in [0.1, 0.15) is 49.7 Å². The Balaban J connectivity index is 1.36. The molecule has 0 radical (unpaired) electrons. The molecule has 0 aromatic heterocycles. The number of carbonyl (C=O) groups excluding carboxylic acids is 1. The molecule has 9 heteroatoms. The molecule has 10 atom stereocenters. The molecule has 5 N–H and O–H groups in total. The van der Waals surface area contributed by atoms with E-state index >= 15 is 0 Å². The second-order valence-electron chi connectivity index (χ2n) is 10.2. The Morgan fingerprint density at radius 2 is 1.91 bits per heavy atom. The Kier molecular flexibility index (Phi) is 5.53. The number of carbonyl (C=O) groups is 2. The highest BCUT2D eigenvalue weighted by Gasteiger charge is 2.60. The Bertz CT molecular complexity index is 963. The lowest BCUT2D eigenvalue weighted by Crippen LogP contribution is -2.61. The van der Waals surface area contributed by atoms with Crippen LogP contribution in [0.2, 0.25) is 0 Å². The first-order chi connectivity index (χ1) is 15.6. The number of ketones is 1. The van der Waals surface area contributed by atoms with Crippen molar-refractivity contribution < 1.29 is 44.6 Å². The number of carboxylic acid groups (broad SMARTS) is 1. The van der Waals surface area contributed by atoms with Gasteiger partial charge in [-0.3, -0.25) is 4.79 Å². The van der Waals surface area contributed by atoms with E-state index in [9.17, 15) is 35.1 Å². The normalized spacial score (nSPS) is 44.6. The van der Waals surface area contributed by atoms with Crippen LogP contribution in [0.4, 0.5) is 0 Å². The van der Waals surface area contributed by atoms with Gasteiger partial charge in [-0.1, -0.05) is 13.0 Å². The summed E-state index contributed by atoms with van der Waals surface area (Å²) < 4.78 is 11.1. The summed E-state index contributed by atoms with van der Waals surface area (Å²) in [4.78, 5) is 24.8. The van der Waals surface area contributed by atoms with Gasteiger partial charge < -0.3 is 35.0 Å². The first-order valence-electron chi connectivity index (χ1n) is 11.6. The van der Waals surface area contributed by atoms with Crippen molar-refractivity contribution in [3.63, 3.8) is 0 Å². The molecule has 4 aliphatic rings. The second-order valence-corrected chi connectivity index (χ2v) is 10.2. The van der Waals surface area contributed by atoms with Gasteiger partial charge in [-0.05, 0) is 73.1 Å². The van der Waals surface area contributed by atoms with Crippen molar-refractivity contribution in [2.75, 3.05) is 0 Å². The molecule has 1 aromatic rings. The van der Waals surface area contributed by atoms with Gasteiger partial charge in [-0.15, -0.1) is 0 Å². The van der Waals surface area contributed by atoms with Gasteiger partial charge in [0, 0.05) is 5.41 Å². The van der Waals surface area contributed by atoms with Crippen LogP contribution >= 0.6 is 0 Å². The van der Waals surface area contributed by atoms with E-state index < -0.39 is 48.2 Å². The number of rotatable bonds is 3. The summed E-state index contributed by atoms with van der Waals surface area (Å²) in [5.41, 5.74) is 1.79. The van der Waals surface area contributed by atoms with E-state index in [1.165, 1.54) is 5.56 Å². The van der Waals surface area contributed by atoms with Gasteiger partial charge in [0.1, 0.15) is 30.2 Å². The number of aliphatic hydroxyl groups is 3. The topological polar surface area (TPSA) is 154 Å². The van der Waals surface area contributed by atoms with E-state index in [4.69, 9.17) is 9.47 Å². The van der Waals surface area contributed by atoms with Crippen LogP contribution in [-0.4, -0.2) is 74.1 Å². The van der Waals surface area contributed by atoms with Crippen molar-refractivity contribution in [2.24, 2.45) is 17.3 Å². The average Bonchev–Trinajstić information content (AvgIpc) is 3.03. The van der Waals surface area contributed by atoms with Crippen molar-refractivity contribution in [1.82, 2.24) is 0 Å². The molecular weight excluding hydrogens is 432 g/mol. The summed E-state index contributed by atoms with van der Waals surface area (Å²) in [6.07, 6.45) is -5.76. The van der Waals surface area contributed by atoms with Gasteiger partial charge in [0.05, 0.1) is 0 Å². The molecule has 9 nitrogen and oxygen atoms in total. The number of aliphatic hydroxyl groups excluding tert-OH is 3. The number of fused-ring (bicyclic) bond motifs is 5. The lowest BCUT2D eigenvalue weighted by molar-refractivity contribution is -0.301. The fourth-order valence-corrected chi connectivity index (χ4v) is 6.78. The first-order valence-corrected chi connectivity index (χ1v) is 11.6. The number of hydrogen-bond donors (Lipinski definition) is 5. The average molecular weight is 462 g/mol. The number of phenolic OH excluding ortho intramolecular Hbond substituents is 1. The quantitative estimate of drug-likeness (QED) is 0.437. The predicted molar refractivity (Wildman–Crippen MR) is 112 cm³/mol. The van der Waals surface area contributed by atoms with Crippen LogP contribution in [0.5, 0.6) is 5.75 Å². The molecule has 1 aliphatic heterocycles. The number of ether oxygens (including phenoxy) is 2. The number of carboxylic acids is 1. The van der Waals surface area contributed by atoms with Crippen molar-refractivity contribution in [3.8, 4) is 5.75 Å². The largest absolute Gasteiger partial charge is 0.508 e. The maximum absolute atomic E-state index is 13.4. The molecule has 1 heterocycles. The summed E-state index contributed by atoms with van der Waals surface area (Å²) in [6.45, 7) is 1.96. The van der Waals surface area contributed by atoms with Crippen LogP contribution in [0.15, 0.2) is 18.2 Å². The fourth-order valence-electron chi connectivity index (χ4n) is 6.78. The number of phenols is 1. The smallest absolute Gasteiger partial charge is 0.335 e. The second kappa shape index (κ2) is 8.02. The minimum atomic E-state index is -1.81. The summed E-state index contributed by atoms with van der Waals surface area (Å²) in [5, 5.41) is 49.4. The van der Waals surface area contributed by atoms with Gasteiger partial charge in [0.25, 0.3) is 0 Å². The van der Waals surface area contributed by atoms with Crippen molar-refractivity contribution >= 4 is 11.8 Å². The molecule has 2 saturated carbocycles. The maximum atomic E-state index is 13.4. The molecule has 0 amide bonds. The minimum absolute atomic E-state index is 0.0576. The molecule has 1 saturated heterocycles. The van der Waals surface area contributed by atoms with Crippen LogP contribution in [0, 0.1) is 17.3 Å². The van der Waals surface area contributed by atoms with E-state index in [1.807, 2.05) is 19.1 Å². The van der Waals surface area contributed by atoms with Crippen molar-refractivity contribution in [3.05, 3.63) is 29.3 Å². The molecule has 5 rings (SSSR count). The predicted octanol–water partition coefficient (Wildman–Crippen LogP) is 0.705. The minimum Gasteiger partial charge on any atom is -0.508 e. The molecule has 0 bridgehead atoms. The molecule has 33 heavy (non-hydrogen) atoms. The van der Waals surface area contributed by atoms with Gasteiger partial charge >= 0.3 is 5.97 Å². The molecule has 180 valence electrons. The lowest BCUT2D eigenvalue weighted by Gasteiger charge is -2.48. The SMILES string of the molecule is C[C@]12CC[C@@H]3c4ccc(O)cc4CC[C@@H]3[C@@H]1C[C@H](O[C@H]1O[C@H](C(=O)O)[C@H](O)[C@@H](O)[C@@H]1O)C2=O. The van der Waals surface area contributed by atoms with Gasteiger partial charge in [-0.2, -0.15) is 0 Å². The summed E-state index contributed by atoms with van der Waals surface area (Å²) in [7, 11) is 0. The zero-order valence-corrected chi connectivity index (χ0v) is 18.3. The first kappa shape index (κ1) is 22.7. The van der Waals surface area contributed by atoms with Crippen LogP contribution in [0.25, 0.3) is 0 Å². The number of aryl methyl sites for hydroxylation is 1. The third-order valence-electron chi connectivity index (χ3n) is 8.53. The zero-order chi connectivity index (χ0) is 23.7. The molecule has 0 unspecified atom stereocenters. The summed E-state index contributed by atoms with van der Waals surface area (Å²) in [6, 6.07) is 5.52. The number of aromatic hydroxyl groups is 1. The third kappa shape index (κ3) is 3.49. The lowest BCUT2D eigenvalue weighted by atomic mass is 9.55. The number of benzene rings is 1. The summed E-state index contributed by atoms with van der Waals surface area (Å²) in [5.74, 6) is -0.697. The summed E-state index contributed by atoms with van der Waals surface area (Å²) >= 11 is 0. The maximum Gasteiger partial charge on any atom is 0.335 e. The van der Waals surface area contributed by atoms with Crippen molar-refractivity contribution in [2.45, 2.75) is 81.8 Å². The van der Waals surface area contributed by atoms with E-state index in [1.54, 1.807) is 6.07 Å². The Labute approximate surface area is 190 Å². The van der Waals surface area contributed by atoms with Gasteiger partial charge in [0.2, 0.25) is 0 Å². The molecule has 3 aliphatic carbocycles. The van der Waals surface area contributed by atoms with E-state index in [0.29, 0.717) is 18.8 Å². The van der Waals surface area contributed by atoms with Gasteiger partial charge in [0.15, 0.2) is 18.2 Å². The highest BCUT2D eigenvalue weighted by molar-refractivity contribution is 5.91. The van der Waals surface area contributed by atoms with Crippen LogP contribution < -0.4 is 0 Å². The highest BCUT2D eigenvalue weighted by atomic mass is 16.7. The molecule has 3 fully saturated rings. The number of Topliss-reactive ketones (excluding diaryl/α,β-unsaturated/α-hetero) is 1. The van der Waals surface area contributed by atoms with Gasteiger partial charge in [-0.25, -0.2) is 4.79 Å². The van der Waals surface area contributed by atoms with E-state index in [-0.39, 0.29) is 23.4 Å². The van der Waals surface area contributed by atoms with E-state index in [2.05, 4.69) is 0 Å². The number of hydrogen-bond acceptors (Lipinski definition) is 8. The van der Waals surface area contributed by atoms with E-state index in [0.717, 1.165) is 24.8 Å². The van der Waals surface area contributed by atoms with Crippen LogP contribution in [-0.2, 0) is 25.5 Å². The highest BCUT2D eigenvalue weighted by Crippen LogP contribution is 2.60. The Morgan fingerprint density at radius 1 is 1.15 bits per heavy atom.